The lowest BCUT2D eigenvalue weighted by molar-refractivity contribution is -0.384. The summed E-state index contributed by atoms with van der Waals surface area (Å²) in [5.74, 6) is -0.767. The normalized spacial score (nSPS) is 14.3. The number of para-hydroxylation sites is 1. The highest BCUT2D eigenvalue weighted by Gasteiger charge is 2.23. The summed E-state index contributed by atoms with van der Waals surface area (Å²) in [6.07, 6.45) is 0. The van der Waals surface area contributed by atoms with Gasteiger partial charge in [-0.1, -0.05) is 18.2 Å². The van der Waals surface area contributed by atoms with Crippen LogP contribution in [0.5, 0.6) is 0 Å². The molecule has 1 aliphatic rings. The van der Waals surface area contributed by atoms with E-state index in [4.69, 9.17) is 4.74 Å². The summed E-state index contributed by atoms with van der Waals surface area (Å²) in [7, 11) is 1.30. The van der Waals surface area contributed by atoms with E-state index >= 15 is 0 Å². The molecule has 166 valence electrons. The van der Waals surface area contributed by atoms with Crippen molar-refractivity contribution in [2.24, 2.45) is 0 Å². The van der Waals surface area contributed by atoms with Crippen molar-refractivity contribution in [1.29, 1.82) is 0 Å². The van der Waals surface area contributed by atoms with Crippen LogP contribution in [0.1, 0.15) is 10.5 Å². The fourth-order valence-corrected chi connectivity index (χ4v) is 3.86. The van der Waals surface area contributed by atoms with Crippen LogP contribution in [-0.2, 0) is 9.53 Å². The molecule has 3 aromatic rings. The molecule has 2 N–H and O–H groups in total. The molecule has 10 nitrogen and oxygen atoms in total. The van der Waals surface area contributed by atoms with E-state index in [0.29, 0.717) is 31.9 Å². The lowest BCUT2D eigenvalue weighted by atomic mass is 10.2. The molecule has 1 fully saturated rings. The third-order valence-electron chi connectivity index (χ3n) is 5.53. The van der Waals surface area contributed by atoms with Crippen molar-refractivity contribution < 1.29 is 19.2 Å². The van der Waals surface area contributed by atoms with Crippen LogP contribution in [0.2, 0.25) is 0 Å². The number of esters is 1. The van der Waals surface area contributed by atoms with Crippen LogP contribution in [0.3, 0.4) is 0 Å². The molecule has 0 aliphatic carbocycles. The molecule has 0 atom stereocenters. The second-order valence-corrected chi connectivity index (χ2v) is 7.50. The van der Waals surface area contributed by atoms with Crippen molar-refractivity contribution in [2.75, 3.05) is 50.1 Å². The first kappa shape index (κ1) is 21.3. The van der Waals surface area contributed by atoms with Crippen LogP contribution in [0.4, 0.5) is 17.1 Å². The number of amides is 1. The maximum Gasteiger partial charge on any atom is 0.356 e. The number of ether oxygens (including phenoxy) is 1. The van der Waals surface area contributed by atoms with Crippen molar-refractivity contribution in [2.45, 2.75) is 0 Å². The monoisotopic (exact) mass is 437 g/mol. The maximum absolute atomic E-state index is 12.7. The fourth-order valence-electron chi connectivity index (χ4n) is 3.86. The fraction of sp³-hybridized carbons (Fsp3) is 0.273. The van der Waals surface area contributed by atoms with E-state index in [1.807, 2.05) is 29.2 Å². The van der Waals surface area contributed by atoms with E-state index in [-0.39, 0.29) is 23.8 Å². The van der Waals surface area contributed by atoms with Crippen LogP contribution in [-0.4, -0.2) is 66.5 Å². The highest BCUT2D eigenvalue weighted by molar-refractivity contribution is 6.11. The third kappa shape index (κ3) is 4.40. The molecule has 0 saturated carbocycles. The topological polar surface area (TPSA) is 121 Å². The summed E-state index contributed by atoms with van der Waals surface area (Å²) in [6, 6.07) is 13.8. The number of non-ortho nitro benzene ring substituents is 1. The van der Waals surface area contributed by atoms with E-state index < -0.39 is 10.9 Å². The number of carbonyl (C=O) groups excluding carboxylic acids is 2. The number of nitrogens with one attached hydrogen (secondary N) is 2. The number of aromatic nitrogens is 1. The van der Waals surface area contributed by atoms with Gasteiger partial charge in [0.25, 0.3) is 5.69 Å². The number of aromatic amines is 1. The molecule has 32 heavy (non-hydrogen) atoms. The molecular formula is C22H23N5O5. The number of fused-ring (bicyclic) bond motifs is 1. The Kier molecular flexibility index (Phi) is 6.04. The van der Waals surface area contributed by atoms with Gasteiger partial charge in [0.15, 0.2) is 0 Å². The van der Waals surface area contributed by atoms with Crippen LogP contribution >= 0.6 is 0 Å². The predicted octanol–water partition coefficient (Wildman–Crippen LogP) is 2.62. The lowest BCUT2D eigenvalue weighted by Crippen LogP contribution is -2.48. The number of benzene rings is 2. The first-order valence-electron chi connectivity index (χ1n) is 10.2. The first-order valence-corrected chi connectivity index (χ1v) is 10.2. The van der Waals surface area contributed by atoms with E-state index in [2.05, 4.69) is 15.2 Å². The molecule has 1 aliphatic heterocycles. The summed E-state index contributed by atoms with van der Waals surface area (Å²) in [5.41, 5.74) is 2.35. The summed E-state index contributed by atoms with van der Waals surface area (Å²) in [5, 5.41) is 14.4. The number of carbonyl (C=O) groups is 2. The Balaban J connectivity index is 1.38. The quantitative estimate of drug-likeness (QED) is 0.345. The number of H-pyrrole nitrogens is 1. The number of piperazine rings is 1. The zero-order valence-electron chi connectivity index (χ0n) is 17.5. The van der Waals surface area contributed by atoms with Crippen LogP contribution in [0.25, 0.3) is 10.9 Å². The second kappa shape index (κ2) is 9.06. The molecule has 4 rings (SSSR count). The highest BCUT2D eigenvalue weighted by Crippen LogP contribution is 2.28. The lowest BCUT2D eigenvalue weighted by Gasteiger charge is -2.35. The molecule has 10 heteroatoms. The van der Waals surface area contributed by atoms with E-state index in [9.17, 15) is 19.7 Å². The molecule has 0 bridgehead atoms. The number of nitro groups is 1. The van der Waals surface area contributed by atoms with Gasteiger partial charge in [0, 0.05) is 54.9 Å². The minimum Gasteiger partial charge on any atom is -0.464 e. The molecule has 1 amide bonds. The second-order valence-electron chi connectivity index (χ2n) is 7.50. The number of nitro benzene ring substituents is 1. The van der Waals surface area contributed by atoms with E-state index in [1.54, 1.807) is 12.1 Å². The van der Waals surface area contributed by atoms with Crippen molar-refractivity contribution in [3.8, 4) is 0 Å². The molecular weight excluding hydrogens is 414 g/mol. The van der Waals surface area contributed by atoms with Crippen molar-refractivity contribution in [3.05, 3.63) is 64.3 Å². The number of methoxy groups -OCH3 is 1. The summed E-state index contributed by atoms with van der Waals surface area (Å²) in [4.78, 5) is 42.5. The standard InChI is InChI=1S/C22H23N5O5/c1-32-22(29)21-20(17-4-2-3-5-18(17)23-21)24-19(28)14-25-10-12-26(13-11-25)15-6-8-16(9-7-15)27(30)31/h2-9,23H,10-14H2,1H3,(H,24,28). The molecule has 2 heterocycles. The minimum atomic E-state index is -0.548. The average molecular weight is 437 g/mol. The van der Waals surface area contributed by atoms with Gasteiger partial charge in [-0.05, 0) is 18.2 Å². The van der Waals surface area contributed by atoms with Crippen LogP contribution < -0.4 is 10.2 Å². The van der Waals surface area contributed by atoms with Gasteiger partial charge in [-0.2, -0.15) is 0 Å². The number of anilines is 2. The van der Waals surface area contributed by atoms with Crippen LogP contribution in [0.15, 0.2) is 48.5 Å². The maximum atomic E-state index is 12.7. The molecule has 2 aromatic carbocycles. The molecule has 0 radical (unpaired) electrons. The van der Waals surface area contributed by atoms with Gasteiger partial charge in [-0.15, -0.1) is 0 Å². The molecule has 0 unspecified atom stereocenters. The number of nitrogens with zero attached hydrogens (tertiary/aromatic N) is 3. The van der Waals surface area contributed by atoms with Gasteiger partial charge >= 0.3 is 5.97 Å². The number of hydrogen-bond acceptors (Lipinski definition) is 7. The Bertz CT molecular complexity index is 1150. The highest BCUT2D eigenvalue weighted by atomic mass is 16.6. The average Bonchev–Trinajstić information content (AvgIpc) is 3.17. The van der Waals surface area contributed by atoms with Gasteiger partial charge in [-0.3, -0.25) is 19.8 Å². The molecule has 1 saturated heterocycles. The Morgan fingerprint density at radius 3 is 2.44 bits per heavy atom. The van der Waals surface area contributed by atoms with Crippen molar-refractivity contribution >= 4 is 39.8 Å². The summed E-state index contributed by atoms with van der Waals surface area (Å²) < 4.78 is 4.84. The third-order valence-corrected chi connectivity index (χ3v) is 5.53. The SMILES string of the molecule is COC(=O)c1[nH]c2ccccc2c1NC(=O)CN1CCN(c2ccc([N+](=O)[O-])cc2)CC1. The van der Waals surface area contributed by atoms with Gasteiger partial charge in [-0.25, -0.2) is 4.79 Å². The van der Waals surface area contributed by atoms with Crippen molar-refractivity contribution in [1.82, 2.24) is 9.88 Å². The largest absolute Gasteiger partial charge is 0.464 e. The Morgan fingerprint density at radius 1 is 1.09 bits per heavy atom. The van der Waals surface area contributed by atoms with E-state index in [0.717, 1.165) is 16.6 Å². The molecule has 1 aromatic heterocycles. The van der Waals surface area contributed by atoms with Crippen LogP contribution in [0, 0.1) is 10.1 Å². The first-order chi connectivity index (χ1) is 15.5. The Hall–Kier alpha value is -3.92. The Morgan fingerprint density at radius 2 is 1.78 bits per heavy atom. The number of hydrogen-bond donors (Lipinski definition) is 2. The van der Waals surface area contributed by atoms with E-state index in [1.165, 1.54) is 19.2 Å². The van der Waals surface area contributed by atoms with Gasteiger partial charge < -0.3 is 19.9 Å². The zero-order valence-corrected chi connectivity index (χ0v) is 17.5. The zero-order chi connectivity index (χ0) is 22.7. The summed E-state index contributed by atoms with van der Waals surface area (Å²) >= 11 is 0. The van der Waals surface area contributed by atoms with Gasteiger partial charge in [0.1, 0.15) is 5.69 Å². The van der Waals surface area contributed by atoms with Crippen molar-refractivity contribution in [3.63, 3.8) is 0 Å². The predicted molar refractivity (Wildman–Crippen MR) is 120 cm³/mol. The Labute approximate surface area is 183 Å². The number of rotatable bonds is 6. The van der Waals surface area contributed by atoms with Gasteiger partial charge in [0.05, 0.1) is 24.3 Å². The molecule has 0 spiro atoms. The van der Waals surface area contributed by atoms with Gasteiger partial charge in [0.2, 0.25) is 5.91 Å². The smallest absolute Gasteiger partial charge is 0.356 e. The summed E-state index contributed by atoms with van der Waals surface area (Å²) in [6.45, 7) is 2.93. The minimum absolute atomic E-state index is 0.0626.